The maximum Gasteiger partial charge on any atom is 0.131 e. The van der Waals surface area contributed by atoms with Crippen LogP contribution in [0.2, 0.25) is 0 Å². The fraction of sp³-hybridized carbons (Fsp3) is 0. The maximum absolute atomic E-state index is 2.53. The van der Waals surface area contributed by atoms with Crippen LogP contribution in [0.4, 0.5) is 0 Å². The zero-order valence-corrected chi connectivity index (χ0v) is 27.3. The molecule has 0 atom stereocenters. The van der Waals surface area contributed by atoms with Gasteiger partial charge in [0.05, 0.1) is 16.7 Å². The summed E-state index contributed by atoms with van der Waals surface area (Å²) in [6.07, 6.45) is 0. The van der Waals surface area contributed by atoms with Crippen LogP contribution in [-0.4, -0.2) is 9.13 Å². The molecule has 10 aromatic rings. The summed E-state index contributed by atoms with van der Waals surface area (Å²) in [5.74, 6) is 0. The highest BCUT2D eigenvalue weighted by Gasteiger charge is 2.29. The molecule has 1 aliphatic heterocycles. The molecule has 3 heteroatoms. The van der Waals surface area contributed by atoms with Gasteiger partial charge in [0.15, 0.2) is 0 Å². The number of benzene rings is 8. The molecule has 0 amide bonds. The SMILES string of the molecule is c1ccc(-c2ccc3cc(-n4c5cccc(-c6ccc7ccccc7c6)c5c5c6cccc7c6n(c54)-c4ccccc4S7)ccc3c2)cc1. The van der Waals surface area contributed by atoms with Crippen LogP contribution in [-0.2, 0) is 0 Å². The molecule has 2 aromatic heterocycles. The third-order valence-electron chi connectivity index (χ3n) is 10.2. The van der Waals surface area contributed by atoms with Crippen LogP contribution < -0.4 is 0 Å². The number of hydrogen-bond acceptors (Lipinski definition) is 1. The fourth-order valence-corrected chi connectivity index (χ4v) is 9.15. The molecular formula is C46H28N2S. The number of para-hydroxylation sites is 2. The average Bonchev–Trinajstić information content (AvgIpc) is 3.69. The predicted octanol–water partition coefficient (Wildman–Crippen LogP) is 12.8. The molecule has 0 radical (unpaired) electrons. The Morgan fingerprint density at radius 1 is 0.408 bits per heavy atom. The number of rotatable bonds is 3. The normalized spacial score (nSPS) is 12.4. The van der Waals surface area contributed by atoms with E-state index in [9.17, 15) is 0 Å². The van der Waals surface area contributed by atoms with Crippen molar-refractivity contribution >= 4 is 66.1 Å². The van der Waals surface area contributed by atoms with Gasteiger partial charge in [0.2, 0.25) is 0 Å². The predicted molar refractivity (Wildman–Crippen MR) is 208 cm³/mol. The lowest BCUT2D eigenvalue weighted by Crippen LogP contribution is -2.05. The molecule has 0 bridgehead atoms. The second kappa shape index (κ2) is 10.2. The molecule has 11 rings (SSSR count). The second-order valence-electron chi connectivity index (χ2n) is 13.0. The van der Waals surface area contributed by atoms with Gasteiger partial charge in [-0.05, 0) is 92.3 Å². The smallest absolute Gasteiger partial charge is 0.131 e. The Balaban J connectivity index is 1.26. The molecule has 0 fully saturated rings. The number of nitrogens with zero attached hydrogens (tertiary/aromatic N) is 2. The highest BCUT2D eigenvalue weighted by Crippen LogP contribution is 2.51. The Morgan fingerprint density at radius 3 is 2.04 bits per heavy atom. The molecule has 1 aliphatic rings. The molecule has 49 heavy (non-hydrogen) atoms. The van der Waals surface area contributed by atoms with Gasteiger partial charge in [-0.1, -0.05) is 133 Å². The highest BCUT2D eigenvalue weighted by molar-refractivity contribution is 7.99. The second-order valence-corrected chi connectivity index (χ2v) is 14.0. The molecule has 3 heterocycles. The summed E-state index contributed by atoms with van der Waals surface area (Å²) in [7, 11) is 0. The van der Waals surface area contributed by atoms with Crippen LogP contribution in [0, 0.1) is 0 Å². The first-order chi connectivity index (χ1) is 24.3. The number of fused-ring (bicyclic) bond motifs is 9. The molecule has 228 valence electrons. The van der Waals surface area contributed by atoms with E-state index in [2.05, 4.69) is 179 Å². The van der Waals surface area contributed by atoms with Crippen LogP contribution in [0.1, 0.15) is 0 Å². The zero-order chi connectivity index (χ0) is 32.1. The summed E-state index contributed by atoms with van der Waals surface area (Å²) in [4.78, 5) is 2.57. The van der Waals surface area contributed by atoms with Crippen LogP contribution in [0.5, 0.6) is 0 Å². The van der Waals surface area contributed by atoms with Gasteiger partial charge in [0.1, 0.15) is 5.65 Å². The van der Waals surface area contributed by atoms with E-state index >= 15 is 0 Å². The van der Waals surface area contributed by atoms with E-state index in [0.29, 0.717) is 0 Å². The average molecular weight is 641 g/mol. The van der Waals surface area contributed by atoms with Gasteiger partial charge in [-0.2, -0.15) is 0 Å². The van der Waals surface area contributed by atoms with Gasteiger partial charge in [-0.3, -0.25) is 9.13 Å². The topological polar surface area (TPSA) is 9.86 Å². The third-order valence-corrected chi connectivity index (χ3v) is 11.4. The van der Waals surface area contributed by atoms with Crippen molar-refractivity contribution < 1.29 is 0 Å². The van der Waals surface area contributed by atoms with Crippen molar-refractivity contribution in [3.8, 4) is 33.6 Å². The Bertz CT molecular complexity index is 2960. The Hall–Kier alpha value is -6.03. The lowest BCUT2D eigenvalue weighted by Gasteiger charge is -2.21. The molecular weight excluding hydrogens is 613 g/mol. The molecule has 0 spiro atoms. The summed E-state index contributed by atoms with van der Waals surface area (Å²) < 4.78 is 5.04. The van der Waals surface area contributed by atoms with Crippen LogP contribution >= 0.6 is 11.8 Å². The molecule has 8 aromatic carbocycles. The number of aromatic nitrogens is 2. The Labute approximate surface area is 287 Å². The van der Waals surface area contributed by atoms with Gasteiger partial charge < -0.3 is 0 Å². The first-order valence-corrected chi connectivity index (χ1v) is 17.6. The maximum atomic E-state index is 2.53. The molecule has 0 unspecified atom stereocenters. The van der Waals surface area contributed by atoms with Gasteiger partial charge in [-0.15, -0.1) is 0 Å². The van der Waals surface area contributed by atoms with E-state index in [1.165, 1.54) is 92.1 Å². The van der Waals surface area contributed by atoms with Gasteiger partial charge in [0, 0.05) is 31.6 Å². The minimum absolute atomic E-state index is 1.16. The van der Waals surface area contributed by atoms with Crippen LogP contribution in [0.15, 0.2) is 180 Å². The van der Waals surface area contributed by atoms with E-state index in [0.717, 1.165) is 5.69 Å². The van der Waals surface area contributed by atoms with Crippen molar-refractivity contribution in [2.45, 2.75) is 9.79 Å². The summed E-state index contributed by atoms with van der Waals surface area (Å²) in [5.41, 5.74) is 11.1. The lowest BCUT2D eigenvalue weighted by molar-refractivity contribution is 1.03. The molecule has 0 aliphatic carbocycles. The molecule has 0 N–H and O–H groups in total. The monoisotopic (exact) mass is 640 g/mol. The van der Waals surface area contributed by atoms with Crippen molar-refractivity contribution in [2.75, 3.05) is 0 Å². The van der Waals surface area contributed by atoms with Crippen LogP contribution in [0.25, 0.3) is 88.0 Å². The van der Waals surface area contributed by atoms with E-state index in [1.54, 1.807) is 0 Å². The van der Waals surface area contributed by atoms with Gasteiger partial charge in [0.25, 0.3) is 0 Å². The fourth-order valence-electron chi connectivity index (χ4n) is 8.06. The van der Waals surface area contributed by atoms with E-state index < -0.39 is 0 Å². The summed E-state index contributed by atoms with van der Waals surface area (Å²) in [5, 5.41) is 8.85. The summed E-state index contributed by atoms with van der Waals surface area (Å²) >= 11 is 1.87. The minimum Gasteiger partial charge on any atom is -0.295 e. The van der Waals surface area contributed by atoms with Gasteiger partial charge >= 0.3 is 0 Å². The van der Waals surface area contributed by atoms with Gasteiger partial charge in [-0.25, -0.2) is 0 Å². The van der Waals surface area contributed by atoms with Crippen molar-refractivity contribution in [2.24, 2.45) is 0 Å². The molecule has 0 saturated carbocycles. The van der Waals surface area contributed by atoms with Crippen molar-refractivity contribution in [3.05, 3.63) is 170 Å². The van der Waals surface area contributed by atoms with Crippen LogP contribution in [0.3, 0.4) is 0 Å². The lowest BCUT2D eigenvalue weighted by atomic mass is 9.97. The van der Waals surface area contributed by atoms with E-state index in [-0.39, 0.29) is 0 Å². The quantitative estimate of drug-likeness (QED) is 0.187. The number of hydrogen-bond donors (Lipinski definition) is 0. The largest absolute Gasteiger partial charge is 0.295 e. The Kier molecular flexibility index (Phi) is 5.63. The van der Waals surface area contributed by atoms with Crippen molar-refractivity contribution in [1.29, 1.82) is 0 Å². The first-order valence-electron chi connectivity index (χ1n) is 16.8. The molecule has 0 saturated heterocycles. The minimum atomic E-state index is 1.16. The third kappa shape index (κ3) is 3.91. The standard InChI is InChI=1S/C46H28N2S/c1-2-10-29(11-3-1)32-21-22-34-28-36(25-24-33(34)26-32)47-40-17-8-14-37(35-23-20-30-12-4-5-13-31(30)27-35)43(40)44-38-15-9-19-42-45(38)48(46(44)47)39-16-6-7-18-41(39)49-42/h1-28H. The molecule has 2 nitrogen and oxygen atoms in total. The zero-order valence-electron chi connectivity index (χ0n) is 26.5. The Morgan fingerprint density at radius 2 is 1.10 bits per heavy atom. The van der Waals surface area contributed by atoms with Crippen molar-refractivity contribution in [1.82, 2.24) is 9.13 Å². The van der Waals surface area contributed by atoms with E-state index in [4.69, 9.17) is 0 Å². The summed E-state index contributed by atoms with van der Waals surface area (Å²) in [6, 6.07) is 62.4. The first kappa shape index (κ1) is 27.0. The summed E-state index contributed by atoms with van der Waals surface area (Å²) in [6.45, 7) is 0. The highest BCUT2D eigenvalue weighted by atomic mass is 32.2. The van der Waals surface area contributed by atoms with E-state index in [1.807, 2.05) is 11.8 Å². The van der Waals surface area contributed by atoms with Crippen molar-refractivity contribution in [3.63, 3.8) is 0 Å².